The van der Waals surface area contributed by atoms with Crippen molar-refractivity contribution in [1.29, 1.82) is 0 Å². The molecule has 0 aliphatic rings. The summed E-state index contributed by atoms with van der Waals surface area (Å²) < 4.78 is 0. The number of nitrogens with zero attached hydrogens (tertiary/aromatic N) is 1. The Balaban J connectivity index is 2.71. The lowest BCUT2D eigenvalue weighted by Gasteiger charge is -2.20. The molecule has 15 heavy (non-hydrogen) atoms. The van der Waals surface area contributed by atoms with Gasteiger partial charge in [-0.1, -0.05) is 24.3 Å². The largest absolute Gasteiger partial charge is 0.340 e. The number of aryl methyl sites for hydroxylation is 1. The zero-order valence-electron chi connectivity index (χ0n) is 9.53. The van der Waals surface area contributed by atoms with Crippen LogP contribution in [0.4, 0.5) is 0 Å². The summed E-state index contributed by atoms with van der Waals surface area (Å²) in [5.41, 5.74) is 7.89. The zero-order valence-corrected chi connectivity index (χ0v) is 9.53. The van der Waals surface area contributed by atoms with Gasteiger partial charge in [0.1, 0.15) is 0 Å². The van der Waals surface area contributed by atoms with E-state index in [9.17, 15) is 4.79 Å². The molecule has 0 spiro atoms. The summed E-state index contributed by atoms with van der Waals surface area (Å²) in [5, 5.41) is 0. The average Bonchev–Trinajstić information content (AvgIpc) is 2.20. The number of amides is 1. The van der Waals surface area contributed by atoms with Gasteiger partial charge in [0, 0.05) is 13.6 Å². The molecule has 0 fully saturated rings. The topological polar surface area (TPSA) is 46.3 Å². The highest BCUT2D eigenvalue weighted by molar-refractivity contribution is 5.80. The van der Waals surface area contributed by atoms with Gasteiger partial charge in [-0.15, -0.1) is 0 Å². The molecule has 1 aromatic carbocycles. The Hall–Kier alpha value is -1.35. The molecule has 3 heteroatoms. The molecule has 0 heterocycles. The average molecular weight is 206 g/mol. The molecule has 0 saturated carbocycles. The zero-order chi connectivity index (χ0) is 11.4. The summed E-state index contributed by atoms with van der Waals surface area (Å²) in [5.74, 6) is -0.0294. The van der Waals surface area contributed by atoms with Crippen LogP contribution in [0, 0.1) is 6.92 Å². The first-order valence-corrected chi connectivity index (χ1v) is 5.07. The Morgan fingerprint density at radius 2 is 2.07 bits per heavy atom. The molecular weight excluding hydrogens is 188 g/mol. The molecule has 0 aromatic heterocycles. The summed E-state index contributed by atoms with van der Waals surface area (Å²) in [6.45, 7) is 4.36. The fraction of sp³-hybridized carbons (Fsp3) is 0.417. The predicted octanol–water partition coefficient (Wildman–Crippen LogP) is 1.30. The van der Waals surface area contributed by atoms with E-state index in [0.29, 0.717) is 6.54 Å². The molecule has 0 radical (unpaired) electrons. The van der Waals surface area contributed by atoms with Gasteiger partial charge in [0.2, 0.25) is 5.91 Å². The summed E-state index contributed by atoms with van der Waals surface area (Å²) in [6.07, 6.45) is 0. The van der Waals surface area contributed by atoms with E-state index >= 15 is 0 Å². The molecule has 1 aromatic rings. The van der Waals surface area contributed by atoms with E-state index in [0.717, 1.165) is 5.56 Å². The van der Waals surface area contributed by atoms with Crippen molar-refractivity contribution in [3.8, 4) is 0 Å². The molecule has 0 bridgehead atoms. The number of rotatable bonds is 3. The molecule has 1 atom stereocenters. The third-order valence-electron chi connectivity index (χ3n) is 2.43. The van der Waals surface area contributed by atoms with Crippen LogP contribution in [-0.4, -0.2) is 23.9 Å². The maximum atomic E-state index is 11.6. The molecular formula is C12H18N2O. The van der Waals surface area contributed by atoms with Crippen LogP contribution in [-0.2, 0) is 11.3 Å². The highest BCUT2D eigenvalue weighted by atomic mass is 16.2. The monoisotopic (exact) mass is 206 g/mol. The van der Waals surface area contributed by atoms with Crippen LogP contribution in [0.2, 0.25) is 0 Å². The van der Waals surface area contributed by atoms with Crippen molar-refractivity contribution in [3.05, 3.63) is 35.4 Å². The van der Waals surface area contributed by atoms with Crippen molar-refractivity contribution >= 4 is 5.91 Å². The van der Waals surface area contributed by atoms with Crippen molar-refractivity contribution in [2.24, 2.45) is 5.73 Å². The number of benzene rings is 1. The number of nitrogens with two attached hydrogens (primary N) is 1. The minimum atomic E-state index is -0.431. The van der Waals surface area contributed by atoms with E-state index < -0.39 is 6.04 Å². The number of carbonyl (C=O) groups excluding carboxylic acids is 1. The van der Waals surface area contributed by atoms with Crippen LogP contribution in [0.15, 0.2) is 24.3 Å². The van der Waals surface area contributed by atoms with E-state index in [2.05, 4.69) is 0 Å². The fourth-order valence-electron chi connectivity index (χ4n) is 1.47. The van der Waals surface area contributed by atoms with Crippen LogP contribution in [0.3, 0.4) is 0 Å². The van der Waals surface area contributed by atoms with Crippen LogP contribution < -0.4 is 5.73 Å². The van der Waals surface area contributed by atoms with Gasteiger partial charge in [-0.05, 0) is 25.0 Å². The third kappa shape index (κ3) is 3.06. The van der Waals surface area contributed by atoms with Gasteiger partial charge >= 0.3 is 0 Å². The predicted molar refractivity (Wildman–Crippen MR) is 61.3 cm³/mol. The van der Waals surface area contributed by atoms with Crippen molar-refractivity contribution < 1.29 is 4.79 Å². The van der Waals surface area contributed by atoms with Gasteiger partial charge in [0.15, 0.2) is 0 Å². The molecule has 0 saturated heterocycles. The molecule has 1 amide bonds. The first-order valence-electron chi connectivity index (χ1n) is 5.07. The molecule has 82 valence electrons. The maximum Gasteiger partial charge on any atom is 0.239 e. The van der Waals surface area contributed by atoms with Crippen LogP contribution in [0.5, 0.6) is 0 Å². The van der Waals surface area contributed by atoms with E-state index in [-0.39, 0.29) is 5.91 Å². The highest BCUT2D eigenvalue weighted by Crippen LogP contribution is 2.09. The standard InChI is InChI=1S/C12H18N2O/c1-9-6-4-5-7-11(9)8-14(3)12(15)10(2)13/h4-7,10H,8,13H2,1-3H3. The molecule has 3 nitrogen and oxygen atoms in total. The number of likely N-dealkylation sites (N-methyl/N-ethyl adjacent to an activating group) is 1. The minimum absolute atomic E-state index is 0.0294. The number of carbonyl (C=O) groups is 1. The van der Waals surface area contributed by atoms with E-state index in [1.165, 1.54) is 5.56 Å². The lowest BCUT2D eigenvalue weighted by molar-refractivity contribution is -0.131. The first-order chi connectivity index (χ1) is 7.02. The third-order valence-corrected chi connectivity index (χ3v) is 2.43. The Labute approximate surface area is 90.9 Å². The lowest BCUT2D eigenvalue weighted by Crippen LogP contribution is -2.39. The second kappa shape index (κ2) is 4.94. The molecule has 0 aliphatic carbocycles. The quantitative estimate of drug-likeness (QED) is 0.810. The second-order valence-corrected chi connectivity index (χ2v) is 3.91. The Morgan fingerprint density at radius 3 is 2.60 bits per heavy atom. The smallest absolute Gasteiger partial charge is 0.239 e. The lowest BCUT2D eigenvalue weighted by atomic mass is 10.1. The van der Waals surface area contributed by atoms with Crippen LogP contribution in [0.25, 0.3) is 0 Å². The van der Waals surface area contributed by atoms with Gasteiger partial charge in [-0.2, -0.15) is 0 Å². The minimum Gasteiger partial charge on any atom is -0.340 e. The Kier molecular flexibility index (Phi) is 3.86. The van der Waals surface area contributed by atoms with E-state index in [1.807, 2.05) is 31.2 Å². The van der Waals surface area contributed by atoms with Crippen molar-refractivity contribution in [3.63, 3.8) is 0 Å². The molecule has 1 rings (SSSR count). The summed E-state index contributed by atoms with van der Waals surface area (Å²) in [7, 11) is 1.78. The molecule has 1 unspecified atom stereocenters. The van der Waals surface area contributed by atoms with E-state index in [4.69, 9.17) is 5.73 Å². The van der Waals surface area contributed by atoms with Crippen molar-refractivity contribution in [2.45, 2.75) is 26.4 Å². The molecule has 0 aliphatic heterocycles. The Bertz CT molecular complexity index is 347. The molecule has 2 N–H and O–H groups in total. The maximum absolute atomic E-state index is 11.6. The van der Waals surface area contributed by atoms with E-state index in [1.54, 1.807) is 18.9 Å². The van der Waals surface area contributed by atoms with Gasteiger partial charge in [0.05, 0.1) is 6.04 Å². The highest BCUT2D eigenvalue weighted by Gasteiger charge is 2.13. The summed E-state index contributed by atoms with van der Waals surface area (Å²) >= 11 is 0. The normalized spacial score (nSPS) is 12.3. The summed E-state index contributed by atoms with van der Waals surface area (Å²) in [6, 6.07) is 7.61. The van der Waals surface area contributed by atoms with Crippen LogP contribution in [0.1, 0.15) is 18.1 Å². The van der Waals surface area contributed by atoms with Crippen molar-refractivity contribution in [2.75, 3.05) is 7.05 Å². The van der Waals surface area contributed by atoms with Gasteiger partial charge in [0.25, 0.3) is 0 Å². The Morgan fingerprint density at radius 1 is 1.47 bits per heavy atom. The van der Waals surface area contributed by atoms with Gasteiger partial charge in [-0.3, -0.25) is 4.79 Å². The fourth-order valence-corrected chi connectivity index (χ4v) is 1.47. The SMILES string of the molecule is Cc1ccccc1CN(C)C(=O)C(C)N. The second-order valence-electron chi connectivity index (χ2n) is 3.91. The number of hydrogen-bond donors (Lipinski definition) is 1. The summed E-state index contributed by atoms with van der Waals surface area (Å²) in [4.78, 5) is 13.2. The first kappa shape index (κ1) is 11.7. The number of hydrogen-bond acceptors (Lipinski definition) is 2. The van der Waals surface area contributed by atoms with Crippen LogP contribution >= 0.6 is 0 Å². The van der Waals surface area contributed by atoms with Crippen molar-refractivity contribution in [1.82, 2.24) is 4.90 Å². The van der Waals surface area contributed by atoms with Gasteiger partial charge in [-0.25, -0.2) is 0 Å². The van der Waals surface area contributed by atoms with Gasteiger partial charge < -0.3 is 10.6 Å².